The number of hydrogen-bond acceptors (Lipinski definition) is 7. The van der Waals surface area contributed by atoms with Gasteiger partial charge in [0.2, 0.25) is 0 Å². The third-order valence-corrected chi connectivity index (χ3v) is 7.10. The van der Waals surface area contributed by atoms with Crippen LogP contribution in [-0.4, -0.2) is 85.1 Å². The molecule has 1 aromatic carbocycles. The Labute approximate surface area is 180 Å². The van der Waals surface area contributed by atoms with Crippen LogP contribution in [0.15, 0.2) is 42.7 Å². The third-order valence-electron chi connectivity index (χ3n) is 5.99. The van der Waals surface area contributed by atoms with E-state index in [0.717, 1.165) is 65.9 Å². The van der Waals surface area contributed by atoms with E-state index in [1.807, 2.05) is 23.1 Å². The number of rotatable bonds is 3. The Morgan fingerprint density at radius 3 is 2.17 bits per heavy atom. The fourth-order valence-electron chi connectivity index (χ4n) is 4.10. The number of amides is 1. The topological polar surface area (TPSA) is 55.8 Å². The number of aromatic nitrogens is 2. The highest BCUT2D eigenvalue weighted by molar-refractivity contribution is 7.20. The van der Waals surface area contributed by atoms with Crippen LogP contribution in [0.3, 0.4) is 0 Å². The predicted octanol–water partition coefficient (Wildman–Crippen LogP) is 2.41. The molecule has 2 fully saturated rings. The van der Waals surface area contributed by atoms with Crippen molar-refractivity contribution >= 4 is 39.0 Å². The van der Waals surface area contributed by atoms with Gasteiger partial charge in [-0.25, -0.2) is 9.97 Å². The zero-order valence-electron chi connectivity index (χ0n) is 17.2. The number of thiophene rings is 1. The van der Waals surface area contributed by atoms with Gasteiger partial charge < -0.3 is 19.6 Å². The molecule has 2 aliphatic heterocycles. The van der Waals surface area contributed by atoms with Gasteiger partial charge in [-0.3, -0.25) is 4.79 Å². The van der Waals surface area contributed by atoms with Crippen molar-refractivity contribution in [3.63, 3.8) is 0 Å². The fourth-order valence-corrected chi connectivity index (χ4v) is 5.13. The molecule has 0 bridgehead atoms. The molecule has 0 N–H and O–H groups in total. The van der Waals surface area contributed by atoms with E-state index in [9.17, 15) is 4.79 Å². The summed E-state index contributed by atoms with van der Waals surface area (Å²) in [5.74, 6) is 2.08. The maximum atomic E-state index is 13.0. The minimum Gasteiger partial charge on any atom is -0.354 e. The molecule has 156 valence electrons. The van der Waals surface area contributed by atoms with E-state index >= 15 is 0 Å². The molecule has 0 saturated carbocycles. The fraction of sp³-hybridized carbons (Fsp3) is 0.409. The van der Waals surface area contributed by atoms with E-state index in [0.29, 0.717) is 13.1 Å². The van der Waals surface area contributed by atoms with Crippen molar-refractivity contribution in [2.24, 2.45) is 0 Å². The Morgan fingerprint density at radius 1 is 0.867 bits per heavy atom. The van der Waals surface area contributed by atoms with E-state index < -0.39 is 0 Å². The van der Waals surface area contributed by atoms with Gasteiger partial charge in [0.1, 0.15) is 18.0 Å². The summed E-state index contributed by atoms with van der Waals surface area (Å²) in [6.07, 6.45) is 1.66. The molecule has 0 unspecified atom stereocenters. The number of anilines is 2. The van der Waals surface area contributed by atoms with Crippen LogP contribution in [0.2, 0.25) is 0 Å². The van der Waals surface area contributed by atoms with Gasteiger partial charge in [0.05, 0.1) is 4.88 Å². The first-order chi connectivity index (χ1) is 14.7. The maximum absolute atomic E-state index is 13.0. The molecule has 0 atom stereocenters. The lowest BCUT2D eigenvalue weighted by Crippen LogP contribution is -2.49. The number of likely N-dealkylation sites (N-methyl/N-ethyl adjacent to an activating group) is 1. The highest BCUT2D eigenvalue weighted by Gasteiger charge is 2.25. The summed E-state index contributed by atoms with van der Waals surface area (Å²) in [6.45, 7) is 7.08. The summed E-state index contributed by atoms with van der Waals surface area (Å²) in [5.41, 5.74) is 0. The molecule has 5 rings (SSSR count). The summed E-state index contributed by atoms with van der Waals surface area (Å²) in [7, 11) is 2.16. The van der Waals surface area contributed by atoms with Crippen molar-refractivity contribution in [1.29, 1.82) is 0 Å². The Hall–Kier alpha value is -2.71. The molecule has 4 heterocycles. The van der Waals surface area contributed by atoms with Crippen molar-refractivity contribution in [1.82, 2.24) is 19.8 Å². The molecule has 7 nitrogen and oxygen atoms in total. The quantitative estimate of drug-likeness (QED) is 0.646. The Balaban J connectivity index is 1.23. The van der Waals surface area contributed by atoms with Crippen LogP contribution in [0.4, 0.5) is 11.6 Å². The number of fused-ring (bicyclic) bond motifs is 1. The van der Waals surface area contributed by atoms with E-state index in [2.05, 4.69) is 49.9 Å². The second-order valence-corrected chi connectivity index (χ2v) is 9.04. The SMILES string of the molecule is CN1CCN(c2cc(N3CCN(C(=O)c4cc5ccccc5s4)CC3)ncn2)CC1. The number of benzene rings is 1. The highest BCUT2D eigenvalue weighted by atomic mass is 32.1. The van der Waals surface area contributed by atoms with E-state index in [4.69, 9.17) is 0 Å². The van der Waals surface area contributed by atoms with Crippen molar-refractivity contribution in [2.45, 2.75) is 0 Å². The van der Waals surface area contributed by atoms with Crippen LogP contribution in [0.5, 0.6) is 0 Å². The second-order valence-electron chi connectivity index (χ2n) is 7.95. The Bertz CT molecular complexity index is 1000. The standard InChI is InChI=1S/C22H26N6OS/c1-25-6-8-26(9-7-25)20-15-21(24-16-23-20)27-10-12-28(13-11-27)22(29)19-14-17-4-2-3-5-18(17)30-19/h2-5,14-16H,6-13H2,1H3. The van der Waals surface area contributed by atoms with E-state index in [1.54, 1.807) is 17.7 Å². The minimum atomic E-state index is 0.136. The Morgan fingerprint density at radius 2 is 1.50 bits per heavy atom. The lowest BCUT2D eigenvalue weighted by atomic mass is 10.2. The van der Waals surface area contributed by atoms with Crippen molar-refractivity contribution in [2.75, 3.05) is 69.2 Å². The number of carbonyl (C=O) groups is 1. The number of piperazine rings is 2. The molecule has 0 radical (unpaired) electrons. The Kier molecular flexibility index (Phi) is 5.26. The summed E-state index contributed by atoms with van der Waals surface area (Å²) in [4.78, 5) is 31.7. The van der Waals surface area contributed by atoms with Gasteiger partial charge in [0.25, 0.3) is 5.91 Å². The van der Waals surface area contributed by atoms with Crippen LogP contribution in [0.25, 0.3) is 10.1 Å². The third kappa shape index (κ3) is 3.85. The lowest BCUT2D eigenvalue weighted by molar-refractivity contribution is 0.0751. The molecule has 2 aromatic heterocycles. The first-order valence-corrected chi connectivity index (χ1v) is 11.3. The molecule has 3 aromatic rings. The zero-order valence-corrected chi connectivity index (χ0v) is 18.0. The molecular formula is C22H26N6OS. The average Bonchev–Trinajstić information content (AvgIpc) is 3.24. The summed E-state index contributed by atoms with van der Waals surface area (Å²) in [5, 5.41) is 1.14. The van der Waals surface area contributed by atoms with Gasteiger partial charge in [-0.2, -0.15) is 0 Å². The first kappa shape index (κ1) is 19.3. The maximum Gasteiger partial charge on any atom is 0.264 e. The molecule has 2 aliphatic rings. The van der Waals surface area contributed by atoms with Crippen molar-refractivity contribution in [3.05, 3.63) is 47.6 Å². The monoisotopic (exact) mass is 422 g/mol. The van der Waals surface area contributed by atoms with Gasteiger partial charge in [0.15, 0.2) is 0 Å². The molecule has 0 spiro atoms. The molecular weight excluding hydrogens is 396 g/mol. The molecule has 0 aliphatic carbocycles. The van der Waals surface area contributed by atoms with Crippen LogP contribution < -0.4 is 9.80 Å². The normalized spacial score (nSPS) is 18.2. The number of nitrogens with zero attached hydrogens (tertiary/aromatic N) is 6. The summed E-state index contributed by atoms with van der Waals surface area (Å²) in [6, 6.07) is 12.3. The second kappa shape index (κ2) is 8.20. The average molecular weight is 423 g/mol. The van der Waals surface area contributed by atoms with E-state index in [1.165, 1.54) is 0 Å². The van der Waals surface area contributed by atoms with Crippen LogP contribution >= 0.6 is 11.3 Å². The largest absolute Gasteiger partial charge is 0.354 e. The van der Waals surface area contributed by atoms with E-state index in [-0.39, 0.29) is 5.91 Å². The highest BCUT2D eigenvalue weighted by Crippen LogP contribution is 2.27. The molecule has 2 saturated heterocycles. The van der Waals surface area contributed by atoms with Gasteiger partial charge in [-0.05, 0) is 24.6 Å². The number of carbonyl (C=O) groups excluding carboxylic acids is 1. The van der Waals surface area contributed by atoms with Gasteiger partial charge in [0, 0.05) is 63.1 Å². The summed E-state index contributed by atoms with van der Waals surface area (Å²) < 4.78 is 1.16. The first-order valence-electron chi connectivity index (χ1n) is 10.5. The summed E-state index contributed by atoms with van der Waals surface area (Å²) >= 11 is 1.58. The smallest absolute Gasteiger partial charge is 0.264 e. The van der Waals surface area contributed by atoms with Crippen molar-refractivity contribution < 1.29 is 4.79 Å². The molecule has 8 heteroatoms. The molecule has 30 heavy (non-hydrogen) atoms. The van der Waals surface area contributed by atoms with Gasteiger partial charge in [-0.15, -0.1) is 11.3 Å². The zero-order chi connectivity index (χ0) is 20.5. The molecule has 1 amide bonds. The predicted molar refractivity (Wildman–Crippen MR) is 122 cm³/mol. The van der Waals surface area contributed by atoms with Crippen molar-refractivity contribution in [3.8, 4) is 0 Å². The minimum absolute atomic E-state index is 0.136. The van der Waals surface area contributed by atoms with Gasteiger partial charge >= 0.3 is 0 Å². The lowest BCUT2D eigenvalue weighted by Gasteiger charge is -2.36. The van der Waals surface area contributed by atoms with Gasteiger partial charge in [-0.1, -0.05) is 18.2 Å². The van der Waals surface area contributed by atoms with Crippen LogP contribution in [-0.2, 0) is 0 Å². The van der Waals surface area contributed by atoms with Crippen LogP contribution in [0.1, 0.15) is 9.67 Å². The van der Waals surface area contributed by atoms with Crippen LogP contribution in [0, 0.1) is 0 Å². The number of hydrogen-bond donors (Lipinski definition) is 0.